The molecular formula is C35H43NO5. The van der Waals surface area contributed by atoms with Crippen molar-refractivity contribution in [1.29, 1.82) is 0 Å². The molecule has 3 aromatic carbocycles. The van der Waals surface area contributed by atoms with Gasteiger partial charge in [-0.3, -0.25) is 0 Å². The van der Waals surface area contributed by atoms with Crippen LogP contribution in [0.2, 0.25) is 0 Å². The summed E-state index contributed by atoms with van der Waals surface area (Å²) in [6.45, 7) is 6.26. The second-order valence-corrected chi connectivity index (χ2v) is 10.3. The Kier molecular flexibility index (Phi) is 11.5. The molecule has 0 aliphatic carbocycles. The SMILES string of the molecule is CCCCCCOc1ccc(-c2oc([O-])c(-c3ccc(OCCCCCC)cc3)[n+]2Cc2ccc(OC)cc2)cc1. The Bertz CT molecular complexity index is 1310. The molecule has 218 valence electrons. The van der Waals surface area contributed by atoms with Gasteiger partial charge in [-0.15, -0.1) is 0 Å². The van der Waals surface area contributed by atoms with Crippen LogP contribution in [0.3, 0.4) is 0 Å². The van der Waals surface area contributed by atoms with Crippen molar-refractivity contribution in [2.45, 2.75) is 71.8 Å². The molecule has 1 heterocycles. The molecule has 0 aliphatic rings. The van der Waals surface area contributed by atoms with E-state index in [9.17, 15) is 5.11 Å². The maximum absolute atomic E-state index is 13.3. The maximum atomic E-state index is 13.3. The first-order valence-corrected chi connectivity index (χ1v) is 15.0. The topological polar surface area (TPSA) is 67.8 Å². The number of hydrogen-bond donors (Lipinski definition) is 0. The second-order valence-electron chi connectivity index (χ2n) is 10.3. The molecule has 4 rings (SSSR count). The van der Waals surface area contributed by atoms with Gasteiger partial charge in [0, 0.05) is 11.1 Å². The zero-order valence-corrected chi connectivity index (χ0v) is 24.7. The molecule has 0 saturated carbocycles. The average Bonchev–Trinajstić information content (AvgIpc) is 3.33. The molecule has 0 fully saturated rings. The van der Waals surface area contributed by atoms with Gasteiger partial charge in [-0.2, -0.15) is 4.57 Å². The minimum absolute atomic E-state index is 0.377. The van der Waals surface area contributed by atoms with Crippen LogP contribution in [-0.2, 0) is 6.54 Å². The van der Waals surface area contributed by atoms with E-state index in [1.807, 2.05) is 77.4 Å². The van der Waals surface area contributed by atoms with E-state index in [2.05, 4.69) is 13.8 Å². The minimum atomic E-state index is -0.377. The number of ether oxygens (including phenoxy) is 3. The maximum Gasteiger partial charge on any atom is 0.270 e. The van der Waals surface area contributed by atoms with Gasteiger partial charge in [0.05, 0.1) is 25.9 Å². The highest BCUT2D eigenvalue weighted by Gasteiger charge is 2.25. The van der Waals surface area contributed by atoms with Crippen LogP contribution in [0.5, 0.6) is 23.2 Å². The lowest BCUT2D eigenvalue weighted by Crippen LogP contribution is -2.37. The van der Waals surface area contributed by atoms with Crippen molar-refractivity contribution >= 4 is 0 Å². The van der Waals surface area contributed by atoms with Gasteiger partial charge >= 0.3 is 0 Å². The summed E-state index contributed by atoms with van der Waals surface area (Å²) < 4.78 is 25.0. The average molecular weight is 558 g/mol. The summed E-state index contributed by atoms with van der Waals surface area (Å²) in [5, 5.41) is 13.3. The van der Waals surface area contributed by atoms with E-state index in [0.717, 1.165) is 46.8 Å². The lowest BCUT2D eigenvalue weighted by atomic mass is 10.1. The number of unbranched alkanes of at least 4 members (excludes halogenated alkanes) is 6. The molecule has 0 radical (unpaired) electrons. The number of methoxy groups -OCH3 is 1. The molecular weight excluding hydrogens is 514 g/mol. The molecule has 6 heteroatoms. The summed E-state index contributed by atoms with van der Waals surface area (Å²) in [6.07, 6.45) is 9.28. The van der Waals surface area contributed by atoms with Crippen LogP contribution < -0.4 is 23.9 Å². The zero-order valence-electron chi connectivity index (χ0n) is 24.7. The standard InChI is InChI=1S/C35H43NO5/c1-4-6-8-10-24-39-31-20-14-28(15-21-31)33-35(37)41-34(36(33)26-27-12-18-30(38-3)19-13-27)29-16-22-32(23-17-29)40-25-11-9-7-5-2/h12-23H,4-11,24-26H2,1-3H3. The number of nitrogens with zero attached hydrogens (tertiary/aromatic N) is 1. The predicted molar refractivity (Wildman–Crippen MR) is 161 cm³/mol. The van der Waals surface area contributed by atoms with Crippen molar-refractivity contribution in [3.63, 3.8) is 0 Å². The van der Waals surface area contributed by atoms with E-state index in [-0.39, 0.29) is 5.95 Å². The lowest BCUT2D eigenvalue weighted by molar-refractivity contribution is -0.669. The van der Waals surface area contributed by atoms with Gasteiger partial charge in [0.15, 0.2) is 6.54 Å². The summed E-state index contributed by atoms with van der Waals surface area (Å²) in [4.78, 5) is 0. The summed E-state index contributed by atoms with van der Waals surface area (Å²) >= 11 is 0. The third-order valence-electron chi connectivity index (χ3n) is 7.16. The fraction of sp³-hybridized carbons (Fsp3) is 0.400. The predicted octanol–water partition coefficient (Wildman–Crippen LogP) is 7.95. The van der Waals surface area contributed by atoms with Crippen molar-refractivity contribution in [3.8, 4) is 45.9 Å². The largest absolute Gasteiger partial charge is 0.540 e. The highest BCUT2D eigenvalue weighted by atomic mass is 16.5. The zero-order chi connectivity index (χ0) is 28.9. The quantitative estimate of drug-likeness (QED) is 0.0973. The van der Waals surface area contributed by atoms with E-state index in [1.54, 1.807) is 7.11 Å². The second kappa shape index (κ2) is 15.8. The molecule has 0 bridgehead atoms. The monoisotopic (exact) mass is 557 g/mol. The molecule has 0 spiro atoms. The first kappa shape index (κ1) is 30.0. The van der Waals surface area contributed by atoms with Crippen LogP contribution in [0, 0.1) is 0 Å². The van der Waals surface area contributed by atoms with Crippen LogP contribution in [0.4, 0.5) is 0 Å². The van der Waals surface area contributed by atoms with Gasteiger partial charge in [-0.1, -0.05) is 52.4 Å². The Morgan fingerprint density at radius 3 is 1.66 bits per heavy atom. The van der Waals surface area contributed by atoms with Crippen LogP contribution in [-0.4, -0.2) is 20.3 Å². The molecule has 0 N–H and O–H groups in total. The summed E-state index contributed by atoms with van der Waals surface area (Å²) in [5.74, 6) is 2.52. The van der Waals surface area contributed by atoms with Gasteiger partial charge in [0.25, 0.3) is 5.89 Å². The summed E-state index contributed by atoms with van der Waals surface area (Å²) in [5.41, 5.74) is 3.12. The molecule has 1 aromatic heterocycles. The van der Waals surface area contributed by atoms with Crippen LogP contribution in [0.25, 0.3) is 22.7 Å². The van der Waals surface area contributed by atoms with Crippen molar-refractivity contribution < 1.29 is 28.3 Å². The number of rotatable bonds is 17. The normalized spacial score (nSPS) is 11.0. The van der Waals surface area contributed by atoms with Gasteiger partial charge in [-0.05, 0) is 85.6 Å². The molecule has 0 unspecified atom stereocenters. The van der Waals surface area contributed by atoms with E-state index in [0.29, 0.717) is 31.3 Å². The summed E-state index contributed by atoms with van der Waals surface area (Å²) in [6, 6.07) is 23.3. The number of benzene rings is 3. The molecule has 6 nitrogen and oxygen atoms in total. The van der Waals surface area contributed by atoms with Crippen LogP contribution in [0.1, 0.15) is 70.8 Å². The van der Waals surface area contributed by atoms with Crippen molar-refractivity contribution in [2.24, 2.45) is 0 Å². The Labute approximate surface area is 244 Å². The summed E-state index contributed by atoms with van der Waals surface area (Å²) in [7, 11) is 1.65. The molecule has 0 atom stereocenters. The number of hydrogen-bond acceptors (Lipinski definition) is 5. The number of oxazole rings is 1. The third kappa shape index (κ3) is 8.53. The van der Waals surface area contributed by atoms with Gasteiger partial charge in [-0.25, -0.2) is 0 Å². The fourth-order valence-corrected chi connectivity index (χ4v) is 4.80. The fourth-order valence-electron chi connectivity index (χ4n) is 4.80. The van der Waals surface area contributed by atoms with Crippen LogP contribution >= 0.6 is 0 Å². The van der Waals surface area contributed by atoms with Crippen molar-refractivity contribution in [3.05, 3.63) is 78.4 Å². The van der Waals surface area contributed by atoms with Crippen LogP contribution in [0.15, 0.2) is 77.2 Å². The first-order chi connectivity index (χ1) is 20.1. The Morgan fingerprint density at radius 2 is 1.15 bits per heavy atom. The van der Waals surface area contributed by atoms with Gasteiger partial charge < -0.3 is 23.7 Å². The Hall–Kier alpha value is -3.93. The third-order valence-corrected chi connectivity index (χ3v) is 7.16. The van der Waals surface area contributed by atoms with E-state index < -0.39 is 0 Å². The molecule has 0 saturated heterocycles. The van der Waals surface area contributed by atoms with Gasteiger partial charge in [0.2, 0.25) is 5.69 Å². The number of aromatic nitrogens is 1. The Balaban J connectivity index is 1.58. The van der Waals surface area contributed by atoms with Crippen molar-refractivity contribution in [1.82, 2.24) is 0 Å². The van der Waals surface area contributed by atoms with E-state index in [4.69, 9.17) is 18.6 Å². The smallest absolute Gasteiger partial charge is 0.270 e. The molecule has 41 heavy (non-hydrogen) atoms. The molecule has 4 aromatic rings. The minimum Gasteiger partial charge on any atom is -0.540 e. The highest BCUT2D eigenvalue weighted by Crippen LogP contribution is 2.32. The Morgan fingerprint density at radius 1 is 0.634 bits per heavy atom. The van der Waals surface area contributed by atoms with Crippen molar-refractivity contribution in [2.75, 3.05) is 20.3 Å². The van der Waals surface area contributed by atoms with E-state index >= 15 is 0 Å². The lowest BCUT2D eigenvalue weighted by Gasteiger charge is -2.09. The molecule has 0 amide bonds. The van der Waals surface area contributed by atoms with E-state index in [1.165, 1.54) is 38.5 Å². The van der Waals surface area contributed by atoms with Gasteiger partial charge in [0.1, 0.15) is 23.2 Å². The molecule has 0 aliphatic heterocycles. The first-order valence-electron chi connectivity index (χ1n) is 15.0. The highest BCUT2D eigenvalue weighted by molar-refractivity contribution is 5.64.